The van der Waals surface area contributed by atoms with Crippen molar-refractivity contribution in [1.82, 2.24) is 19.7 Å². The van der Waals surface area contributed by atoms with Gasteiger partial charge in [-0.25, -0.2) is 14.5 Å². The first kappa shape index (κ1) is 26.6. The Balaban J connectivity index is 1.55. The Hall–Kier alpha value is -3.44. The summed E-state index contributed by atoms with van der Waals surface area (Å²) in [6.45, 7) is 0.663. The van der Waals surface area contributed by atoms with E-state index < -0.39 is 29.0 Å². The molecular formula is C27H34N6O4. The molecule has 3 atom stereocenters. The van der Waals surface area contributed by atoms with Crippen LogP contribution in [0.4, 0.5) is 0 Å². The Bertz CT molecular complexity index is 1190. The third-order valence-electron chi connectivity index (χ3n) is 7.03. The number of aromatic nitrogens is 3. The predicted molar refractivity (Wildman–Crippen MR) is 137 cm³/mol. The molecule has 37 heavy (non-hydrogen) atoms. The van der Waals surface area contributed by atoms with Crippen LogP contribution in [-0.2, 0) is 17.8 Å². The highest BCUT2D eigenvalue weighted by molar-refractivity contribution is 5.91. The molecule has 1 aliphatic rings. The van der Waals surface area contributed by atoms with E-state index in [0.717, 1.165) is 5.69 Å². The summed E-state index contributed by atoms with van der Waals surface area (Å²) in [6.07, 6.45) is 7.56. The van der Waals surface area contributed by atoms with Crippen LogP contribution in [0.5, 0.6) is 0 Å². The minimum Gasteiger partial charge on any atom is -0.626 e. The lowest BCUT2D eigenvalue weighted by molar-refractivity contribution is -0.792. The van der Waals surface area contributed by atoms with Gasteiger partial charge in [-0.05, 0) is 43.7 Å². The molecule has 4 N–H and O–H groups in total. The molecule has 10 nitrogen and oxygen atoms in total. The van der Waals surface area contributed by atoms with Crippen LogP contribution in [0, 0.1) is 5.21 Å². The minimum absolute atomic E-state index is 0.00939. The molecular weight excluding hydrogens is 472 g/mol. The van der Waals surface area contributed by atoms with Crippen LogP contribution in [0.3, 0.4) is 0 Å². The minimum atomic E-state index is -1.80. The fraction of sp³-hybridized carbons (Fsp3) is 0.407. The molecule has 2 amide bonds. The number of rotatable bonds is 10. The maximum absolute atomic E-state index is 13.4. The lowest BCUT2D eigenvalue weighted by Crippen LogP contribution is -3.16. The average molecular weight is 507 g/mol. The zero-order valence-electron chi connectivity index (χ0n) is 21.0. The van der Waals surface area contributed by atoms with Crippen molar-refractivity contribution in [3.63, 3.8) is 0 Å². The Morgan fingerprint density at radius 1 is 1.16 bits per heavy atom. The number of nitrogens with one attached hydrogen (secondary N) is 1. The Morgan fingerprint density at radius 3 is 2.59 bits per heavy atom. The van der Waals surface area contributed by atoms with Crippen LogP contribution in [-0.4, -0.2) is 61.8 Å². The van der Waals surface area contributed by atoms with E-state index in [9.17, 15) is 19.9 Å². The number of carbonyl (C=O) groups is 2. The molecule has 0 bridgehead atoms. The number of hydrogen-bond acceptors (Lipinski definition) is 7. The van der Waals surface area contributed by atoms with E-state index in [-0.39, 0.29) is 17.8 Å². The molecule has 0 saturated heterocycles. The maximum atomic E-state index is 13.4. The van der Waals surface area contributed by atoms with Gasteiger partial charge in [-0.1, -0.05) is 49.6 Å². The van der Waals surface area contributed by atoms with Gasteiger partial charge in [-0.3, -0.25) is 14.8 Å². The standard InChI is InChI=1S/C27H34N6O4/c1-31(21-11-6-3-7-12-21)18-20-14-16-32(30-20)26-22(13-8-15-29-26)27(36)33(37)23(24(34)25(28)35)17-19-9-4-2-5-10-19/h2,4-5,8-10,13-16,21,23-24,33-34H,3,6-7,11-12,17-18H2,1H3,(H2,28,35). The predicted octanol–water partition coefficient (Wildman–Crippen LogP) is 1.01. The summed E-state index contributed by atoms with van der Waals surface area (Å²) in [5, 5.41) is 27.4. The van der Waals surface area contributed by atoms with Gasteiger partial charge in [0, 0.05) is 31.4 Å². The zero-order valence-corrected chi connectivity index (χ0v) is 21.0. The largest absolute Gasteiger partial charge is 0.626 e. The molecule has 3 aromatic rings. The van der Waals surface area contributed by atoms with Crippen molar-refractivity contribution in [2.75, 3.05) is 7.05 Å². The Kier molecular flexibility index (Phi) is 8.78. The second-order valence-electron chi connectivity index (χ2n) is 9.67. The molecule has 196 valence electrons. The van der Waals surface area contributed by atoms with Crippen LogP contribution in [0.25, 0.3) is 5.82 Å². The van der Waals surface area contributed by atoms with Gasteiger partial charge in [0.15, 0.2) is 11.9 Å². The number of carbonyl (C=O) groups excluding carboxylic acids is 2. The molecule has 0 spiro atoms. The molecule has 1 aromatic carbocycles. The molecule has 10 heteroatoms. The summed E-state index contributed by atoms with van der Waals surface area (Å²) in [6, 6.07) is 13.0. The molecule has 1 saturated carbocycles. The fourth-order valence-corrected chi connectivity index (χ4v) is 4.94. The van der Waals surface area contributed by atoms with E-state index in [1.54, 1.807) is 36.5 Å². The fourth-order valence-electron chi connectivity index (χ4n) is 4.94. The van der Waals surface area contributed by atoms with Crippen molar-refractivity contribution in [1.29, 1.82) is 0 Å². The molecule has 0 radical (unpaired) electrons. The third-order valence-corrected chi connectivity index (χ3v) is 7.03. The Morgan fingerprint density at radius 2 is 1.89 bits per heavy atom. The van der Waals surface area contributed by atoms with Crippen LogP contribution in [0.1, 0.15) is 53.7 Å². The second kappa shape index (κ2) is 12.2. The molecule has 2 aromatic heterocycles. The summed E-state index contributed by atoms with van der Waals surface area (Å²) >= 11 is 0. The van der Waals surface area contributed by atoms with Gasteiger partial charge in [0.25, 0.3) is 5.91 Å². The SMILES string of the molecule is CN(Cc1ccn(-c2ncccc2C(=O)[NH+]([O-])C(Cc2ccccc2)C(O)C(N)=O)n1)C1CCCCC1. The van der Waals surface area contributed by atoms with E-state index in [1.165, 1.54) is 49.0 Å². The van der Waals surface area contributed by atoms with Crippen molar-refractivity contribution in [3.8, 4) is 5.82 Å². The first-order valence-corrected chi connectivity index (χ1v) is 12.6. The summed E-state index contributed by atoms with van der Waals surface area (Å²) in [5.74, 6) is -1.72. The van der Waals surface area contributed by atoms with E-state index >= 15 is 0 Å². The number of nitrogens with zero attached hydrogens (tertiary/aromatic N) is 4. The van der Waals surface area contributed by atoms with Crippen molar-refractivity contribution in [2.24, 2.45) is 5.73 Å². The highest BCUT2D eigenvalue weighted by Crippen LogP contribution is 2.23. The molecule has 4 rings (SSSR count). The van der Waals surface area contributed by atoms with Crippen molar-refractivity contribution in [3.05, 3.63) is 83.0 Å². The van der Waals surface area contributed by atoms with Crippen LogP contribution in [0.2, 0.25) is 0 Å². The van der Waals surface area contributed by atoms with E-state index in [4.69, 9.17) is 5.73 Å². The summed E-state index contributed by atoms with van der Waals surface area (Å²) in [7, 11) is 2.10. The second-order valence-corrected chi connectivity index (χ2v) is 9.67. The number of amides is 2. The first-order valence-electron chi connectivity index (χ1n) is 12.6. The van der Waals surface area contributed by atoms with Gasteiger partial charge >= 0.3 is 5.91 Å². The number of quaternary nitrogens is 1. The van der Waals surface area contributed by atoms with Gasteiger partial charge in [-0.15, -0.1) is 0 Å². The average Bonchev–Trinajstić information content (AvgIpc) is 3.39. The third kappa shape index (κ3) is 6.47. The van der Waals surface area contributed by atoms with Gasteiger partial charge in [0.1, 0.15) is 11.6 Å². The van der Waals surface area contributed by atoms with Gasteiger partial charge < -0.3 is 16.0 Å². The maximum Gasteiger partial charge on any atom is 0.348 e. The number of pyridine rings is 1. The van der Waals surface area contributed by atoms with Crippen LogP contribution >= 0.6 is 0 Å². The summed E-state index contributed by atoms with van der Waals surface area (Å²) in [4.78, 5) is 31.8. The van der Waals surface area contributed by atoms with Crippen molar-refractivity contribution in [2.45, 2.75) is 63.3 Å². The number of hydroxylamine groups is 2. The molecule has 0 aliphatic heterocycles. The Labute approximate surface area is 216 Å². The molecule has 1 fully saturated rings. The lowest BCUT2D eigenvalue weighted by Gasteiger charge is -2.31. The summed E-state index contributed by atoms with van der Waals surface area (Å²) < 4.78 is 1.49. The topological polar surface area (TPSA) is 142 Å². The number of hydrogen-bond donors (Lipinski definition) is 3. The van der Waals surface area contributed by atoms with Crippen molar-refractivity contribution >= 4 is 11.8 Å². The quantitative estimate of drug-likeness (QED) is 0.349. The van der Waals surface area contributed by atoms with Crippen molar-refractivity contribution < 1.29 is 19.8 Å². The molecule has 2 heterocycles. The molecule has 3 unspecified atom stereocenters. The number of aliphatic hydroxyl groups is 1. The van der Waals surface area contributed by atoms with E-state index in [1.807, 2.05) is 12.1 Å². The zero-order chi connectivity index (χ0) is 26.4. The van der Waals surface area contributed by atoms with Gasteiger partial charge in [-0.2, -0.15) is 5.10 Å². The monoisotopic (exact) mass is 506 g/mol. The van der Waals surface area contributed by atoms with Crippen LogP contribution < -0.4 is 10.8 Å². The number of nitrogens with two attached hydrogens (primary N) is 1. The number of primary amides is 1. The van der Waals surface area contributed by atoms with Gasteiger partial charge in [0.05, 0.1) is 5.69 Å². The smallest absolute Gasteiger partial charge is 0.348 e. The highest BCUT2D eigenvalue weighted by Gasteiger charge is 2.35. The highest BCUT2D eigenvalue weighted by atomic mass is 16.5. The normalized spacial score (nSPS) is 16.9. The summed E-state index contributed by atoms with van der Waals surface area (Å²) in [5.41, 5.74) is 6.86. The molecule has 1 aliphatic carbocycles. The number of benzene rings is 1. The van der Waals surface area contributed by atoms with E-state index in [0.29, 0.717) is 18.2 Å². The van der Waals surface area contributed by atoms with Crippen LogP contribution in [0.15, 0.2) is 60.9 Å². The lowest BCUT2D eigenvalue weighted by atomic mass is 9.94. The van der Waals surface area contributed by atoms with Gasteiger partial charge in [0.2, 0.25) is 0 Å². The first-order chi connectivity index (χ1) is 17.8. The van der Waals surface area contributed by atoms with E-state index in [2.05, 4.69) is 22.0 Å². The number of aliphatic hydroxyl groups excluding tert-OH is 1.